The summed E-state index contributed by atoms with van der Waals surface area (Å²) in [6.07, 6.45) is 1.73. The van der Waals surface area contributed by atoms with Gasteiger partial charge in [0, 0.05) is 24.3 Å². The van der Waals surface area contributed by atoms with Gasteiger partial charge in [-0.3, -0.25) is 4.79 Å². The van der Waals surface area contributed by atoms with Gasteiger partial charge in [0.25, 0.3) is 5.91 Å². The van der Waals surface area contributed by atoms with E-state index < -0.39 is 10.0 Å². The first-order valence-electron chi connectivity index (χ1n) is 9.20. The fourth-order valence-corrected chi connectivity index (χ4v) is 4.21. The molecule has 1 fully saturated rings. The van der Waals surface area contributed by atoms with Crippen LogP contribution in [0.1, 0.15) is 54.1 Å². The van der Waals surface area contributed by atoms with Gasteiger partial charge in [0.15, 0.2) is 0 Å². The van der Waals surface area contributed by atoms with E-state index in [1.807, 2.05) is 31.2 Å². The minimum absolute atomic E-state index is 0.0249. The van der Waals surface area contributed by atoms with Gasteiger partial charge in [-0.05, 0) is 61.1 Å². The third kappa shape index (κ3) is 4.39. The molecule has 6 heteroatoms. The molecule has 1 amide bonds. The van der Waals surface area contributed by atoms with Gasteiger partial charge in [-0.25, -0.2) is 13.1 Å². The molecule has 0 aromatic heterocycles. The highest BCUT2D eigenvalue weighted by molar-refractivity contribution is 7.89. The van der Waals surface area contributed by atoms with E-state index in [-0.39, 0.29) is 16.8 Å². The van der Waals surface area contributed by atoms with Crippen molar-refractivity contribution < 1.29 is 13.2 Å². The molecule has 1 N–H and O–H groups in total. The Morgan fingerprint density at radius 3 is 2.48 bits per heavy atom. The topological polar surface area (TPSA) is 66.5 Å². The normalized spacial score (nSPS) is 14.4. The molecule has 0 bridgehead atoms. The van der Waals surface area contributed by atoms with Crippen molar-refractivity contribution in [3.05, 3.63) is 59.2 Å². The molecule has 0 unspecified atom stereocenters. The number of carbonyl (C=O) groups is 1. The fourth-order valence-electron chi connectivity index (χ4n) is 2.88. The predicted octanol–water partition coefficient (Wildman–Crippen LogP) is 3.84. The second-order valence-corrected chi connectivity index (χ2v) is 9.20. The summed E-state index contributed by atoms with van der Waals surface area (Å²) < 4.78 is 27.6. The summed E-state index contributed by atoms with van der Waals surface area (Å²) >= 11 is 0. The Morgan fingerprint density at radius 1 is 1.15 bits per heavy atom. The number of rotatable bonds is 6. The van der Waals surface area contributed by atoms with Crippen LogP contribution in [0.5, 0.6) is 0 Å². The Labute approximate surface area is 161 Å². The van der Waals surface area contributed by atoms with Crippen molar-refractivity contribution in [1.82, 2.24) is 4.72 Å². The monoisotopic (exact) mass is 386 g/mol. The summed E-state index contributed by atoms with van der Waals surface area (Å²) in [6.45, 7) is 6.02. The standard InChI is InChI=1S/C21H26N2O3S/c1-14(2)16-6-5-7-18(12-16)23(4)21(24)20-13-19(11-8-15(20)3)27(25,26)22-17-9-10-17/h5-8,11-14,17,22H,9-10H2,1-4H3. The van der Waals surface area contributed by atoms with E-state index >= 15 is 0 Å². The van der Waals surface area contributed by atoms with Gasteiger partial charge >= 0.3 is 0 Å². The lowest BCUT2D eigenvalue weighted by Crippen LogP contribution is -2.29. The second kappa shape index (κ2) is 7.44. The molecule has 0 heterocycles. The molecule has 0 aliphatic heterocycles. The van der Waals surface area contributed by atoms with Gasteiger partial charge in [0.05, 0.1) is 4.90 Å². The van der Waals surface area contributed by atoms with Crippen molar-refractivity contribution in [2.75, 3.05) is 11.9 Å². The van der Waals surface area contributed by atoms with Crippen LogP contribution >= 0.6 is 0 Å². The summed E-state index contributed by atoms with van der Waals surface area (Å²) in [5, 5.41) is 0. The van der Waals surface area contributed by atoms with E-state index in [0.29, 0.717) is 11.5 Å². The number of amides is 1. The van der Waals surface area contributed by atoms with Gasteiger partial charge < -0.3 is 4.90 Å². The van der Waals surface area contributed by atoms with Gasteiger partial charge in [-0.2, -0.15) is 0 Å². The third-order valence-corrected chi connectivity index (χ3v) is 6.40. The zero-order valence-electron chi connectivity index (χ0n) is 16.2. The number of benzene rings is 2. The largest absolute Gasteiger partial charge is 0.311 e. The minimum atomic E-state index is -3.60. The Bertz CT molecular complexity index is 963. The van der Waals surface area contributed by atoms with Gasteiger partial charge in [-0.15, -0.1) is 0 Å². The van der Waals surface area contributed by atoms with Crippen LogP contribution in [0.2, 0.25) is 0 Å². The highest BCUT2D eigenvalue weighted by atomic mass is 32.2. The van der Waals surface area contributed by atoms with E-state index in [1.165, 1.54) is 6.07 Å². The first-order chi connectivity index (χ1) is 12.7. The van der Waals surface area contributed by atoms with Crippen molar-refractivity contribution in [3.63, 3.8) is 0 Å². The number of sulfonamides is 1. The molecule has 2 aromatic carbocycles. The smallest absolute Gasteiger partial charge is 0.258 e. The van der Waals surface area contributed by atoms with Crippen molar-refractivity contribution in [2.24, 2.45) is 0 Å². The van der Waals surface area contributed by atoms with Crippen LogP contribution in [0.3, 0.4) is 0 Å². The summed E-state index contributed by atoms with van der Waals surface area (Å²) in [5.41, 5.74) is 3.08. The van der Waals surface area contributed by atoms with E-state index in [1.54, 1.807) is 24.1 Å². The van der Waals surface area contributed by atoms with Crippen molar-refractivity contribution in [1.29, 1.82) is 0 Å². The summed E-state index contributed by atoms with van der Waals surface area (Å²) in [4.78, 5) is 14.8. The lowest BCUT2D eigenvalue weighted by molar-refractivity contribution is 0.0992. The zero-order chi connectivity index (χ0) is 19.8. The van der Waals surface area contributed by atoms with E-state index in [2.05, 4.69) is 18.6 Å². The van der Waals surface area contributed by atoms with Crippen molar-refractivity contribution in [3.8, 4) is 0 Å². The number of anilines is 1. The molecule has 27 heavy (non-hydrogen) atoms. The lowest BCUT2D eigenvalue weighted by Gasteiger charge is -2.20. The van der Waals surface area contributed by atoms with Gasteiger partial charge in [0.2, 0.25) is 10.0 Å². The molecule has 0 radical (unpaired) electrons. The van der Waals surface area contributed by atoms with Crippen LogP contribution in [-0.2, 0) is 10.0 Å². The highest BCUT2D eigenvalue weighted by Gasteiger charge is 2.29. The Morgan fingerprint density at radius 2 is 1.85 bits per heavy atom. The maximum absolute atomic E-state index is 13.1. The van der Waals surface area contributed by atoms with Gasteiger partial charge in [-0.1, -0.05) is 32.0 Å². The van der Waals surface area contributed by atoms with Gasteiger partial charge in [0.1, 0.15) is 0 Å². The molecule has 1 aliphatic rings. The zero-order valence-corrected chi connectivity index (χ0v) is 17.0. The fraction of sp³-hybridized carbons (Fsp3) is 0.381. The number of hydrogen-bond acceptors (Lipinski definition) is 3. The van der Waals surface area contributed by atoms with E-state index in [0.717, 1.165) is 29.7 Å². The van der Waals surface area contributed by atoms with Crippen LogP contribution in [0.25, 0.3) is 0 Å². The molecule has 144 valence electrons. The lowest BCUT2D eigenvalue weighted by atomic mass is 10.0. The maximum atomic E-state index is 13.1. The quantitative estimate of drug-likeness (QED) is 0.820. The molecule has 1 saturated carbocycles. The summed E-state index contributed by atoms with van der Waals surface area (Å²) in [7, 11) is -1.89. The van der Waals surface area contributed by atoms with Crippen molar-refractivity contribution in [2.45, 2.75) is 50.5 Å². The first kappa shape index (κ1) is 19.6. The summed E-state index contributed by atoms with van der Waals surface area (Å²) in [6, 6.07) is 12.6. The molecule has 1 aliphatic carbocycles. The Hall–Kier alpha value is -2.18. The molecular formula is C21H26N2O3S. The van der Waals surface area contributed by atoms with Crippen molar-refractivity contribution >= 4 is 21.6 Å². The number of nitrogens with zero attached hydrogens (tertiary/aromatic N) is 1. The molecule has 0 saturated heterocycles. The highest BCUT2D eigenvalue weighted by Crippen LogP contribution is 2.25. The number of aryl methyl sites for hydroxylation is 1. The average molecular weight is 387 g/mol. The average Bonchev–Trinajstić information content (AvgIpc) is 3.44. The van der Waals surface area contributed by atoms with Crippen LogP contribution in [0.4, 0.5) is 5.69 Å². The number of hydrogen-bond donors (Lipinski definition) is 1. The maximum Gasteiger partial charge on any atom is 0.258 e. The molecule has 2 aromatic rings. The molecule has 0 atom stereocenters. The SMILES string of the molecule is Cc1ccc(S(=O)(=O)NC2CC2)cc1C(=O)N(C)c1cccc(C(C)C)c1. The third-order valence-electron chi connectivity index (χ3n) is 4.88. The molecular weight excluding hydrogens is 360 g/mol. The minimum Gasteiger partial charge on any atom is -0.311 e. The van der Waals surface area contributed by atoms with Crippen LogP contribution in [-0.4, -0.2) is 27.4 Å². The van der Waals surface area contributed by atoms with Crippen LogP contribution in [0, 0.1) is 6.92 Å². The molecule has 5 nitrogen and oxygen atoms in total. The van der Waals surface area contributed by atoms with E-state index in [4.69, 9.17) is 0 Å². The molecule has 3 rings (SSSR count). The Kier molecular flexibility index (Phi) is 5.40. The first-order valence-corrected chi connectivity index (χ1v) is 10.7. The second-order valence-electron chi connectivity index (χ2n) is 7.49. The number of carbonyl (C=O) groups excluding carboxylic acids is 1. The van der Waals surface area contributed by atoms with Crippen LogP contribution in [0.15, 0.2) is 47.4 Å². The Balaban J connectivity index is 1.91. The van der Waals surface area contributed by atoms with Crippen LogP contribution < -0.4 is 9.62 Å². The predicted molar refractivity (Wildman–Crippen MR) is 108 cm³/mol. The summed E-state index contributed by atoms with van der Waals surface area (Å²) in [5.74, 6) is 0.133. The molecule has 0 spiro atoms. The van der Waals surface area contributed by atoms with E-state index in [9.17, 15) is 13.2 Å². The number of nitrogens with one attached hydrogen (secondary N) is 1.